The normalized spacial score (nSPS) is 11.0. The molecule has 0 amide bonds. The van der Waals surface area contributed by atoms with Gasteiger partial charge in [0.1, 0.15) is 22.7 Å². The molecule has 0 saturated heterocycles. The van der Waals surface area contributed by atoms with Gasteiger partial charge in [0.2, 0.25) is 0 Å². The Labute approximate surface area is 162 Å². The molecule has 142 valence electrons. The minimum atomic E-state index is -0.366. The molecule has 2 heterocycles. The van der Waals surface area contributed by atoms with Crippen molar-refractivity contribution in [2.75, 3.05) is 24.2 Å². The van der Waals surface area contributed by atoms with Gasteiger partial charge >= 0.3 is 5.63 Å². The number of hydrogen-bond acceptors (Lipinski definition) is 6. The van der Waals surface area contributed by atoms with Crippen molar-refractivity contribution in [3.63, 3.8) is 0 Å². The molecule has 0 atom stereocenters. The highest BCUT2D eigenvalue weighted by Gasteiger charge is 2.07. The number of anilines is 2. The molecular weight excluding hydrogens is 354 g/mol. The highest BCUT2D eigenvalue weighted by Crippen LogP contribution is 2.25. The van der Waals surface area contributed by atoms with Crippen LogP contribution in [0.5, 0.6) is 5.75 Å². The Kier molecular flexibility index (Phi) is 4.85. The number of aromatic nitrogens is 1. The summed E-state index contributed by atoms with van der Waals surface area (Å²) in [4.78, 5) is 16.1. The van der Waals surface area contributed by atoms with Gasteiger partial charge in [0, 0.05) is 23.4 Å². The molecule has 28 heavy (non-hydrogen) atoms. The van der Waals surface area contributed by atoms with E-state index in [2.05, 4.69) is 10.3 Å². The lowest BCUT2D eigenvalue weighted by molar-refractivity contribution is 0.318. The number of nitrogens with two attached hydrogens (primary N) is 1. The number of aryl methyl sites for hydroxylation is 1. The van der Waals surface area contributed by atoms with Gasteiger partial charge in [-0.2, -0.15) is 0 Å². The summed E-state index contributed by atoms with van der Waals surface area (Å²) in [5.41, 5.74) is 8.65. The molecule has 4 rings (SSSR count). The third-order valence-electron chi connectivity index (χ3n) is 4.50. The zero-order valence-electron chi connectivity index (χ0n) is 15.6. The van der Waals surface area contributed by atoms with Gasteiger partial charge in [-0.05, 0) is 43.7 Å². The number of para-hydroxylation sites is 1. The lowest BCUT2D eigenvalue weighted by Crippen LogP contribution is -2.10. The molecule has 0 spiro atoms. The largest absolute Gasteiger partial charge is 0.491 e. The average molecular weight is 375 g/mol. The van der Waals surface area contributed by atoms with Gasteiger partial charge in [-0.25, -0.2) is 9.78 Å². The van der Waals surface area contributed by atoms with Gasteiger partial charge in [-0.1, -0.05) is 23.8 Å². The maximum Gasteiger partial charge on any atom is 0.338 e. The maximum atomic E-state index is 11.8. The SMILES string of the molecule is Cc1ccc2oc(=O)cc(NCCCOc3cccc4ccc(N)nc34)c2c1. The quantitative estimate of drug-likeness (QED) is 0.389. The third kappa shape index (κ3) is 3.76. The van der Waals surface area contributed by atoms with Crippen LogP contribution in [0.15, 0.2) is 63.8 Å². The summed E-state index contributed by atoms with van der Waals surface area (Å²) in [7, 11) is 0. The minimum absolute atomic E-state index is 0.366. The molecule has 0 saturated carbocycles. The van der Waals surface area contributed by atoms with Crippen LogP contribution in [0, 0.1) is 6.92 Å². The van der Waals surface area contributed by atoms with E-state index in [9.17, 15) is 4.79 Å². The Hall–Kier alpha value is -3.54. The van der Waals surface area contributed by atoms with Gasteiger partial charge in [0.25, 0.3) is 0 Å². The fourth-order valence-electron chi connectivity index (χ4n) is 3.15. The van der Waals surface area contributed by atoms with E-state index in [1.54, 1.807) is 6.07 Å². The number of hydrogen-bond donors (Lipinski definition) is 2. The molecule has 0 radical (unpaired) electrons. The minimum Gasteiger partial charge on any atom is -0.491 e. The van der Waals surface area contributed by atoms with Gasteiger partial charge in [0.05, 0.1) is 12.3 Å². The number of ether oxygens (including phenoxy) is 1. The Morgan fingerprint density at radius 3 is 2.93 bits per heavy atom. The third-order valence-corrected chi connectivity index (χ3v) is 4.50. The van der Waals surface area contributed by atoms with E-state index in [1.165, 1.54) is 6.07 Å². The van der Waals surface area contributed by atoms with Gasteiger partial charge < -0.3 is 20.2 Å². The molecule has 0 aliphatic rings. The number of nitrogens with zero attached hydrogens (tertiary/aromatic N) is 1. The lowest BCUT2D eigenvalue weighted by Gasteiger charge is -2.11. The first-order valence-electron chi connectivity index (χ1n) is 9.16. The Morgan fingerprint density at radius 1 is 1.14 bits per heavy atom. The Balaban J connectivity index is 1.41. The van der Waals surface area contributed by atoms with Crippen molar-refractivity contribution in [3.8, 4) is 5.75 Å². The van der Waals surface area contributed by atoms with Crippen molar-refractivity contribution < 1.29 is 9.15 Å². The van der Waals surface area contributed by atoms with Gasteiger partial charge in [0.15, 0.2) is 0 Å². The predicted octanol–water partition coefficient (Wildman–Crippen LogP) is 4.11. The molecule has 6 heteroatoms. The highest BCUT2D eigenvalue weighted by molar-refractivity contribution is 5.90. The number of rotatable bonds is 6. The van der Waals surface area contributed by atoms with Gasteiger partial charge in [-0.15, -0.1) is 0 Å². The van der Waals surface area contributed by atoms with Crippen LogP contribution in [0.25, 0.3) is 21.9 Å². The van der Waals surface area contributed by atoms with Crippen molar-refractivity contribution in [1.82, 2.24) is 4.98 Å². The van der Waals surface area contributed by atoms with E-state index in [4.69, 9.17) is 14.9 Å². The number of fused-ring (bicyclic) bond motifs is 2. The summed E-state index contributed by atoms with van der Waals surface area (Å²) in [5.74, 6) is 1.18. The van der Waals surface area contributed by atoms with Crippen molar-refractivity contribution in [1.29, 1.82) is 0 Å². The molecule has 0 bridgehead atoms. The van der Waals surface area contributed by atoms with Crippen LogP contribution in [0.4, 0.5) is 11.5 Å². The van der Waals surface area contributed by atoms with E-state index in [-0.39, 0.29) is 5.63 Å². The Morgan fingerprint density at radius 2 is 2.04 bits per heavy atom. The monoisotopic (exact) mass is 375 g/mol. The van der Waals surface area contributed by atoms with Crippen molar-refractivity contribution in [3.05, 3.63) is 70.6 Å². The summed E-state index contributed by atoms with van der Waals surface area (Å²) in [6.07, 6.45) is 0.756. The zero-order valence-corrected chi connectivity index (χ0v) is 15.6. The molecule has 0 fully saturated rings. The standard InChI is InChI=1S/C22H21N3O3/c1-14-6-8-18-16(12-14)17(13-21(26)28-18)24-10-3-11-27-19-5-2-4-15-7-9-20(23)25-22(15)19/h2,4-9,12-13,24H,3,10-11H2,1H3,(H2,23,25). The number of benzene rings is 2. The first kappa shape index (κ1) is 17.9. The van der Waals surface area contributed by atoms with Crippen LogP contribution in [0.1, 0.15) is 12.0 Å². The fourth-order valence-corrected chi connectivity index (χ4v) is 3.15. The molecule has 0 unspecified atom stereocenters. The first-order valence-corrected chi connectivity index (χ1v) is 9.16. The van der Waals surface area contributed by atoms with Crippen molar-refractivity contribution in [2.45, 2.75) is 13.3 Å². The molecule has 2 aromatic carbocycles. The van der Waals surface area contributed by atoms with Crippen LogP contribution in [-0.4, -0.2) is 18.1 Å². The number of nitrogens with one attached hydrogen (secondary N) is 1. The molecule has 0 aliphatic heterocycles. The predicted molar refractivity (Wildman–Crippen MR) is 112 cm³/mol. The zero-order chi connectivity index (χ0) is 19.5. The summed E-state index contributed by atoms with van der Waals surface area (Å²) in [5, 5.41) is 5.20. The maximum absolute atomic E-state index is 11.8. The van der Waals surface area contributed by atoms with Gasteiger partial charge in [-0.3, -0.25) is 0 Å². The van der Waals surface area contributed by atoms with E-state index in [0.717, 1.165) is 34.0 Å². The number of pyridine rings is 1. The van der Waals surface area contributed by atoms with Crippen LogP contribution < -0.4 is 21.4 Å². The van der Waals surface area contributed by atoms with Crippen LogP contribution >= 0.6 is 0 Å². The van der Waals surface area contributed by atoms with E-state index < -0.39 is 0 Å². The smallest absolute Gasteiger partial charge is 0.338 e. The van der Waals surface area contributed by atoms with Crippen molar-refractivity contribution in [2.24, 2.45) is 0 Å². The van der Waals surface area contributed by atoms with E-state index >= 15 is 0 Å². The topological polar surface area (TPSA) is 90.4 Å². The van der Waals surface area contributed by atoms with E-state index in [1.807, 2.05) is 49.4 Å². The summed E-state index contributed by atoms with van der Waals surface area (Å²) in [6, 6.07) is 16.7. The lowest BCUT2D eigenvalue weighted by atomic mass is 10.1. The fraction of sp³-hybridized carbons (Fsp3) is 0.182. The van der Waals surface area contributed by atoms with Crippen molar-refractivity contribution >= 4 is 33.4 Å². The summed E-state index contributed by atoms with van der Waals surface area (Å²) >= 11 is 0. The molecular formula is C22H21N3O3. The van der Waals surface area contributed by atoms with Crippen LogP contribution in [0.2, 0.25) is 0 Å². The van der Waals surface area contributed by atoms with E-state index in [0.29, 0.717) is 30.3 Å². The molecule has 0 aliphatic carbocycles. The molecule has 3 N–H and O–H groups in total. The molecule has 2 aromatic heterocycles. The Bertz CT molecular complexity index is 1200. The second-order valence-corrected chi connectivity index (χ2v) is 6.67. The van der Waals surface area contributed by atoms with Crippen LogP contribution in [-0.2, 0) is 0 Å². The van der Waals surface area contributed by atoms with Crippen LogP contribution in [0.3, 0.4) is 0 Å². The molecule has 4 aromatic rings. The summed E-state index contributed by atoms with van der Waals surface area (Å²) < 4.78 is 11.2. The average Bonchev–Trinajstić information content (AvgIpc) is 2.68. The highest BCUT2D eigenvalue weighted by atomic mass is 16.5. The summed E-state index contributed by atoms with van der Waals surface area (Å²) in [6.45, 7) is 3.18. The number of nitrogen functional groups attached to an aromatic ring is 1. The molecule has 6 nitrogen and oxygen atoms in total. The first-order chi connectivity index (χ1) is 13.6. The second-order valence-electron chi connectivity index (χ2n) is 6.67. The second kappa shape index (κ2) is 7.60.